The first kappa shape index (κ1) is 30.0. The van der Waals surface area contributed by atoms with Crippen LogP contribution in [0.25, 0.3) is 22.5 Å². The molecule has 0 bridgehead atoms. The SMILES string of the molecule is CCCCCCc1ccc(-c2ccc(-c3ncc(OC(=O)CCCCCCCCC4CCCC4)cn3)cc2)cc1. The van der Waals surface area contributed by atoms with Crippen molar-refractivity contribution in [3.8, 4) is 28.3 Å². The number of benzene rings is 2. The number of nitrogens with zero attached hydrogens (tertiary/aromatic N) is 2. The van der Waals surface area contributed by atoms with Gasteiger partial charge in [0, 0.05) is 12.0 Å². The summed E-state index contributed by atoms with van der Waals surface area (Å²) in [6.07, 6.45) is 24.4. The van der Waals surface area contributed by atoms with E-state index >= 15 is 0 Å². The molecule has 4 rings (SSSR count). The Morgan fingerprint density at radius 2 is 1.30 bits per heavy atom. The van der Waals surface area contributed by atoms with Crippen molar-refractivity contribution >= 4 is 5.97 Å². The van der Waals surface area contributed by atoms with Crippen LogP contribution >= 0.6 is 0 Å². The van der Waals surface area contributed by atoms with Gasteiger partial charge in [-0.1, -0.05) is 139 Å². The van der Waals surface area contributed by atoms with Crippen LogP contribution < -0.4 is 4.74 Å². The molecule has 1 heterocycles. The molecule has 0 radical (unpaired) electrons. The number of unbranched alkanes of at least 4 members (excludes halogenated alkanes) is 8. The number of aryl methyl sites for hydroxylation is 1. The topological polar surface area (TPSA) is 52.1 Å². The summed E-state index contributed by atoms with van der Waals surface area (Å²) in [7, 11) is 0. The first-order valence-electron chi connectivity index (χ1n) is 15.9. The average Bonchev–Trinajstić information content (AvgIpc) is 3.51. The van der Waals surface area contributed by atoms with Gasteiger partial charge in [0.05, 0.1) is 12.4 Å². The number of esters is 1. The molecule has 0 N–H and O–H groups in total. The lowest BCUT2D eigenvalue weighted by Crippen LogP contribution is -2.08. The molecule has 0 saturated heterocycles. The lowest BCUT2D eigenvalue weighted by atomic mass is 9.99. The smallest absolute Gasteiger partial charge is 0.311 e. The fourth-order valence-corrected chi connectivity index (χ4v) is 5.84. The maximum atomic E-state index is 12.2. The van der Waals surface area contributed by atoms with Crippen molar-refractivity contribution in [2.45, 2.75) is 116 Å². The summed E-state index contributed by atoms with van der Waals surface area (Å²) in [4.78, 5) is 21.1. The zero-order valence-electron chi connectivity index (χ0n) is 24.6. The van der Waals surface area contributed by atoms with Gasteiger partial charge in [0.15, 0.2) is 11.6 Å². The number of hydrogen-bond acceptors (Lipinski definition) is 4. The predicted molar refractivity (Wildman–Crippen MR) is 165 cm³/mol. The van der Waals surface area contributed by atoms with Gasteiger partial charge in [-0.05, 0) is 41.9 Å². The molecule has 0 aliphatic heterocycles. The molecule has 1 fully saturated rings. The quantitative estimate of drug-likeness (QED) is 0.126. The van der Waals surface area contributed by atoms with Gasteiger partial charge in [-0.3, -0.25) is 4.79 Å². The van der Waals surface area contributed by atoms with Crippen molar-refractivity contribution in [1.82, 2.24) is 9.97 Å². The van der Waals surface area contributed by atoms with Gasteiger partial charge in [-0.15, -0.1) is 0 Å². The Bertz CT molecular complexity index is 1120. The molecular weight excluding hydrogens is 492 g/mol. The van der Waals surface area contributed by atoms with E-state index in [4.69, 9.17) is 4.74 Å². The second kappa shape index (κ2) is 16.9. The van der Waals surface area contributed by atoms with E-state index in [0.29, 0.717) is 18.0 Å². The molecule has 1 saturated carbocycles. The van der Waals surface area contributed by atoms with Crippen molar-refractivity contribution in [3.63, 3.8) is 0 Å². The van der Waals surface area contributed by atoms with Crippen molar-refractivity contribution in [1.29, 1.82) is 0 Å². The Labute approximate surface area is 242 Å². The van der Waals surface area contributed by atoms with E-state index in [1.165, 1.54) is 100 Å². The van der Waals surface area contributed by atoms with Crippen LogP contribution in [0.4, 0.5) is 0 Å². The Morgan fingerprint density at radius 1 is 0.725 bits per heavy atom. The molecule has 3 aromatic rings. The van der Waals surface area contributed by atoms with Crippen LogP contribution in [0.1, 0.15) is 115 Å². The second-order valence-electron chi connectivity index (χ2n) is 11.6. The van der Waals surface area contributed by atoms with Gasteiger partial charge < -0.3 is 4.74 Å². The standard InChI is InChI=1S/C36H48N2O2/c1-2-3-4-9-15-30-19-21-31(22-20-30)32-23-25-33(26-24-32)36-37-27-34(28-38-36)40-35(39)18-11-8-6-5-7-10-14-29-16-12-13-17-29/h19-29H,2-18H2,1H3. The highest BCUT2D eigenvalue weighted by atomic mass is 16.5. The van der Waals surface area contributed by atoms with E-state index in [0.717, 1.165) is 30.7 Å². The summed E-state index contributed by atoms with van der Waals surface area (Å²) >= 11 is 0. The maximum absolute atomic E-state index is 12.2. The summed E-state index contributed by atoms with van der Waals surface area (Å²) in [5.41, 5.74) is 4.74. The molecule has 0 unspecified atom stereocenters. The number of hydrogen-bond donors (Lipinski definition) is 0. The third kappa shape index (κ3) is 10.2. The molecule has 1 aromatic heterocycles. The van der Waals surface area contributed by atoms with Crippen LogP contribution in [0.3, 0.4) is 0 Å². The summed E-state index contributed by atoms with van der Waals surface area (Å²) in [5, 5.41) is 0. The Morgan fingerprint density at radius 3 is 1.98 bits per heavy atom. The molecule has 4 nitrogen and oxygen atoms in total. The zero-order valence-corrected chi connectivity index (χ0v) is 24.6. The van der Waals surface area contributed by atoms with Crippen molar-refractivity contribution in [2.24, 2.45) is 5.92 Å². The molecule has 2 aromatic carbocycles. The lowest BCUT2D eigenvalue weighted by molar-refractivity contribution is -0.134. The maximum Gasteiger partial charge on any atom is 0.311 e. The summed E-state index contributed by atoms with van der Waals surface area (Å²) in [6.45, 7) is 2.25. The van der Waals surface area contributed by atoms with Crippen LogP contribution in [0, 0.1) is 5.92 Å². The fraction of sp³-hybridized carbons (Fsp3) is 0.528. The molecule has 1 aliphatic rings. The largest absolute Gasteiger partial charge is 0.423 e. The van der Waals surface area contributed by atoms with Gasteiger partial charge in [0.25, 0.3) is 0 Å². The van der Waals surface area contributed by atoms with Gasteiger partial charge in [0.1, 0.15) is 0 Å². The first-order valence-corrected chi connectivity index (χ1v) is 15.9. The van der Waals surface area contributed by atoms with Crippen LogP contribution in [0.15, 0.2) is 60.9 Å². The molecule has 4 heteroatoms. The normalized spacial score (nSPS) is 13.5. The molecule has 214 valence electrons. The Kier molecular flexibility index (Phi) is 12.7. The van der Waals surface area contributed by atoms with E-state index in [-0.39, 0.29) is 5.97 Å². The molecule has 40 heavy (non-hydrogen) atoms. The molecule has 0 amide bonds. The summed E-state index contributed by atoms with van der Waals surface area (Å²) in [6, 6.07) is 17.2. The van der Waals surface area contributed by atoms with Crippen molar-refractivity contribution in [3.05, 3.63) is 66.5 Å². The number of carbonyl (C=O) groups excluding carboxylic acids is 1. The summed E-state index contributed by atoms with van der Waals surface area (Å²) < 4.78 is 5.47. The second-order valence-corrected chi connectivity index (χ2v) is 11.6. The fourth-order valence-electron chi connectivity index (χ4n) is 5.84. The van der Waals surface area contributed by atoms with E-state index < -0.39 is 0 Å². The van der Waals surface area contributed by atoms with Crippen LogP contribution in [0.2, 0.25) is 0 Å². The van der Waals surface area contributed by atoms with Crippen molar-refractivity contribution in [2.75, 3.05) is 0 Å². The minimum Gasteiger partial charge on any atom is -0.423 e. The predicted octanol–water partition coefficient (Wildman–Crippen LogP) is 10.1. The van der Waals surface area contributed by atoms with Crippen LogP contribution in [-0.4, -0.2) is 15.9 Å². The Balaban J connectivity index is 1.14. The van der Waals surface area contributed by atoms with E-state index in [2.05, 4.69) is 53.3 Å². The highest BCUT2D eigenvalue weighted by Crippen LogP contribution is 2.29. The highest BCUT2D eigenvalue weighted by molar-refractivity contribution is 5.72. The minimum absolute atomic E-state index is 0.200. The van der Waals surface area contributed by atoms with E-state index in [1.807, 2.05) is 12.1 Å². The molecule has 0 atom stereocenters. The van der Waals surface area contributed by atoms with E-state index in [9.17, 15) is 4.79 Å². The zero-order chi connectivity index (χ0) is 27.8. The number of aromatic nitrogens is 2. The first-order chi connectivity index (χ1) is 19.7. The third-order valence-corrected chi connectivity index (χ3v) is 8.33. The molecule has 0 spiro atoms. The Hall–Kier alpha value is -3.01. The van der Waals surface area contributed by atoms with Crippen LogP contribution in [-0.2, 0) is 11.2 Å². The van der Waals surface area contributed by atoms with Gasteiger partial charge in [-0.25, -0.2) is 9.97 Å². The number of ether oxygens (including phenoxy) is 1. The van der Waals surface area contributed by atoms with Gasteiger partial charge in [-0.2, -0.15) is 0 Å². The van der Waals surface area contributed by atoms with E-state index in [1.54, 1.807) is 12.4 Å². The van der Waals surface area contributed by atoms with Gasteiger partial charge in [0.2, 0.25) is 0 Å². The average molecular weight is 541 g/mol. The number of carbonyl (C=O) groups is 1. The van der Waals surface area contributed by atoms with Crippen LogP contribution in [0.5, 0.6) is 5.75 Å². The monoisotopic (exact) mass is 540 g/mol. The highest BCUT2D eigenvalue weighted by Gasteiger charge is 2.14. The molecule has 1 aliphatic carbocycles. The molecular formula is C36H48N2O2. The third-order valence-electron chi connectivity index (χ3n) is 8.33. The summed E-state index contributed by atoms with van der Waals surface area (Å²) in [5.74, 6) is 1.84. The number of rotatable bonds is 17. The minimum atomic E-state index is -0.200. The van der Waals surface area contributed by atoms with Gasteiger partial charge >= 0.3 is 5.97 Å². The van der Waals surface area contributed by atoms with Crippen molar-refractivity contribution < 1.29 is 9.53 Å². The lowest BCUT2D eigenvalue weighted by Gasteiger charge is -2.08.